The van der Waals surface area contributed by atoms with Crippen LogP contribution in [0.2, 0.25) is 0 Å². The molecule has 0 bridgehead atoms. The summed E-state index contributed by atoms with van der Waals surface area (Å²) in [6.45, 7) is -0.119. The van der Waals surface area contributed by atoms with Crippen molar-refractivity contribution in [3.8, 4) is 11.3 Å². The Morgan fingerprint density at radius 1 is 1.07 bits per heavy atom. The zero-order chi connectivity index (χ0) is 20.4. The Kier molecular flexibility index (Phi) is 4.74. The second-order valence-electron chi connectivity index (χ2n) is 6.21. The number of urea groups is 1. The minimum Gasteiger partial charge on any atom is -0.463 e. The van der Waals surface area contributed by atoms with Gasteiger partial charge < -0.3 is 18.9 Å². The third kappa shape index (κ3) is 3.68. The first-order chi connectivity index (χ1) is 14.0. The van der Waals surface area contributed by atoms with Crippen LogP contribution in [-0.4, -0.2) is 29.9 Å². The van der Waals surface area contributed by atoms with E-state index in [9.17, 15) is 14.4 Å². The molecule has 4 rings (SSSR count). The van der Waals surface area contributed by atoms with Crippen LogP contribution in [0.15, 0.2) is 69.1 Å². The van der Waals surface area contributed by atoms with E-state index >= 15 is 0 Å². The molecule has 0 saturated carbocycles. The molecule has 146 valence electrons. The molecule has 8 nitrogen and oxygen atoms in total. The van der Waals surface area contributed by atoms with E-state index in [0.29, 0.717) is 11.5 Å². The van der Waals surface area contributed by atoms with Crippen molar-refractivity contribution in [1.29, 1.82) is 0 Å². The maximum Gasteiger partial charge on any atom is 0.373 e. The number of ether oxygens (including phenoxy) is 1. The van der Waals surface area contributed by atoms with Gasteiger partial charge in [0.2, 0.25) is 5.76 Å². The van der Waals surface area contributed by atoms with Crippen molar-refractivity contribution in [3.05, 3.63) is 77.6 Å². The van der Waals surface area contributed by atoms with Crippen LogP contribution < -0.4 is 5.32 Å². The molecular formula is C21H16N2O6. The van der Waals surface area contributed by atoms with Crippen molar-refractivity contribution >= 4 is 24.0 Å². The zero-order valence-electron chi connectivity index (χ0n) is 15.4. The van der Waals surface area contributed by atoms with E-state index in [4.69, 9.17) is 8.83 Å². The second kappa shape index (κ2) is 7.51. The monoisotopic (exact) mass is 392 g/mol. The SMILES string of the molecule is COC(=O)c1ccc(CN2C(=O)N/C(=C\c3ccc(-c4ccccc4)o3)C2=O)o1. The van der Waals surface area contributed by atoms with E-state index in [-0.39, 0.29) is 23.8 Å². The highest BCUT2D eigenvalue weighted by atomic mass is 16.5. The van der Waals surface area contributed by atoms with Gasteiger partial charge in [-0.25, -0.2) is 9.59 Å². The molecule has 1 N–H and O–H groups in total. The van der Waals surface area contributed by atoms with E-state index in [1.54, 1.807) is 12.1 Å². The predicted octanol–water partition coefficient (Wildman–Crippen LogP) is 3.42. The van der Waals surface area contributed by atoms with Crippen LogP contribution in [0.5, 0.6) is 0 Å². The normalized spacial score (nSPS) is 15.1. The van der Waals surface area contributed by atoms with E-state index in [2.05, 4.69) is 10.1 Å². The first-order valence-corrected chi connectivity index (χ1v) is 8.72. The smallest absolute Gasteiger partial charge is 0.373 e. The summed E-state index contributed by atoms with van der Waals surface area (Å²) in [6, 6.07) is 15.4. The quantitative estimate of drug-likeness (QED) is 0.406. The summed E-state index contributed by atoms with van der Waals surface area (Å²) in [4.78, 5) is 37.2. The Hall–Kier alpha value is -4.07. The summed E-state index contributed by atoms with van der Waals surface area (Å²) in [6.07, 6.45) is 1.47. The standard InChI is InChI=1S/C21H16N2O6/c1-27-20(25)18-10-8-15(29-18)12-23-19(24)16(22-21(23)26)11-14-7-9-17(28-14)13-5-3-2-4-6-13/h2-11H,12H2,1H3,(H,22,26)/b16-11-. The molecule has 0 aliphatic carbocycles. The van der Waals surface area contributed by atoms with Crippen LogP contribution in [0.3, 0.4) is 0 Å². The Bertz CT molecular complexity index is 1110. The Balaban J connectivity index is 1.50. The third-order valence-electron chi connectivity index (χ3n) is 4.30. The van der Waals surface area contributed by atoms with Gasteiger partial charge in [0.15, 0.2) is 0 Å². The molecule has 29 heavy (non-hydrogen) atoms. The average molecular weight is 392 g/mol. The topological polar surface area (TPSA) is 102 Å². The number of furan rings is 2. The number of methoxy groups -OCH3 is 1. The second-order valence-corrected chi connectivity index (χ2v) is 6.21. The van der Waals surface area contributed by atoms with Crippen LogP contribution in [-0.2, 0) is 16.1 Å². The third-order valence-corrected chi connectivity index (χ3v) is 4.30. The number of imide groups is 1. The molecule has 1 saturated heterocycles. The fourth-order valence-electron chi connectivity index (χ4n) is 2.87. The highest BCUT2D eigenvalue weighted by Gasteiger charge is 2.34. The fraction of sp³-hybridized carbons (Fsp3) is 0.0952. The lowest BCUT2D eigenvalue weighted by Gasteiger charge is -2.09. The Morgan fingerprint density at radius 2 is 1.86 bits per heavy atom. The van der Waals surface area contributed by atoms with Crippen LogP contribution in [0.25, 0.3) is 17.4 Å². The average Bonchev–Trinajstić information content (AvgIpc) is 3.45. The molecule has 1 fully saturated rings. The van der Waals surface area contributed by atoms with Crippen LogP contribution in [0, 0.1) is 0 Å². The molecular weight excluding hydrogens is 376 g/mol. The van der Waals surface area contributed by atoms with Gasteiger partial charge in [-0.1, -0.05) is 30.3 Å². The molecule has 3 amide bonds. The number of hydrogen-bond donors (Lipinski definition) is 1. The highest BCUT2D eigenvalue weighted by molar-refractivity contribution is 6.13. The van der Waals surface area contributed by atoms with E-state index in [1.165, 1.54) is 25.3 Å². The van der Waals surface area contributed by atoms with Gasteiger partial charge in [-0.3, -0.25) is 9.69 Å². The molecule has 0 unspecified atom stereocenters. The minimum absolute atomic E-state index is 0.00523. The molecule has 1 aromatic carbocycles. The molecule has 1 aliphatic rings. The maximum atomic E-state index is 12.6. The lowest BCUT2D eigenvalue weighted by Crippen LogP contribution is -2.30. The Labute approximate surface area is 165 Å². The van der Waals surface area contributed by atoms with Gasteiger partial charge >= 0.3 is 12.0 Å². The first kappa shape index (κ1) is 18.3. The van der Waals surface area contributed by atoms with Crippen molar-refractivity contribution < 1.29 is 28.0 Å². The van der Waals surface area contributed by atoms with Crippen molar-refractivity contribution in [2.24, 2.45) is 0 Å². The first-order valence-electron chi connectivity index (χ1n) is 8.72. The van der Waals surface area contributed by atoms with Crippen LogP contribution >= 0.6 is 0 Å². The predicted molar refractivity (Wildman–Crippen MR) is 101 cm³/mol. The van der Waals surface area contributed by atoms with Gasteiger partial charge in [0, 0.05) is 11.6 Å². The van der Waals surface area contributed by atoms with Crippen molar-refractivity contribution in [3.63, 3.8) is 0 Å². The summed E-state index contributed by atoms with van der Waals surface area (Å²) in [5.74, 6) is 0.191. The van der Waals surface area contributed by atoms with Crippen molar-refractivity contribution in [2.45, 2.75) is 6.54 Å². The van der Waals surface area contributed by atoms with Gasteiger partial charge in [0.1, 0.15) is 23.0 Å². The molecule has 0 atom stereocenters. The number of amides is 3. The van der Waals surface area contributed by atoms with E-state index < -0.39 is 17.9 Å². The minimum atomic E-state index is -0.638. The number of esters is 1. The van der Waals surface area contributed by atoms with Gasteiger partial charge in [0.05, 0.1) is 13.7 Å². The van der Waals surface area contributed by atoms with E-state index in [0.717, 1.165) is 10.5 Å². The lowest BCUT2D eigenvalue weighted by atomic mass is 10.2. The fourth-order valence-corrected chi connectivity index (χ4v) is 2.87. The number of nitrogens with one attached hydrogen (secondary N) is 1. The van der Waals surface area contributed by atoms with Gasteiger partial charge in [-0.2, -0.15) is 0 Å². The summed E-state index contributed by atoms with van der Waals surface area (Å²) in [5.41, 5.74) is 0.989. The molecule has 3 aromatic rings. The summed E-state index contributed by atoms with van der Waals surface area (Å²) >= 11 is 0. The van der Waals surface area contributed by atoms with Gasteiger partial charge in [-0.15, -0.1) is 0 Å². The van der Waals surface area contributed by atoms with E-state index in [1.807, 2.05) is 30.3 Å². The summed E-state index contributed by atoms with van der Waals surface area (Å²) in [5, 5.41) is 2.52. The molecule has 8 heteroatoms. The van der Waals surface area contributed by atoms with Crippen molar-refractivity contribution in [2.75, 3.05) is 7.11 Å². The molecule has 3 heterocycles. The van der Waals surface area contributed by atoms with Gasteiger partial charge in [-0.05, 0) is 24.3 Å². The Morgan fingerprint density at radius 3 is 2.62 bits per heavy atom. The summed E-state index contributed by atoms with van der Waals surface area (Å²) < 4.78 is 15.6. The number of benzene rings is 1. The highest BCUT2D eigenvalue weighted by Crippen LogP contribution is 2.24. The largest absolute Gasteiger partial charge is 0.463 e. The summed E-state index contributed by atoms with van der Waals surface area (Å²) in [7, 11) is 1.23. The zero-order valence-corrected chi connectivity index (χ0v) is 15.4. The maximum absolute atomic E-state index is 12.6. The molecule has 0 radical (unpaired) electrons. The number of carbonyl (C=O) groups is 3. The number of nitrogens with zero attached hydrogens (tertiary/aromatic N) is 1. The lowest BCUT2D eigenvalue weighted by molar-refractivity contribution is -0.123. The molecule has 2 aromatic heterocycles. The van der Waals surface area contributed by atoms with Crippen LogP contribution in [0.1, 0.15) is 22.1 Å². The molecule has 0 spiro atoms. The number of rotatable bonds is 5. The van der Waals surface area contributed by atoms with Crippen LogP contribution in [0.4, 0.5) is 4.79 Å². The number of carbonyl (C=O) groups excluding carboxylic acids is 3. The number of hydrogen-bond acceptors (Lipinski definition) is 6. The van der Waals surface area contributed by atoms with Gasteiger partial charge in [0.25, 0.3) is 5.91 Å². The molecule has 1 aliphatic heterocycles. The van der Waals surface area contributed by atoms with Crippen molar-refractivity contribution in [1.82, 2.24) is 10.2 Å².